The fraction of sp³-hybridized carbons (Fsp3) is 0.167. The molecule has 2 aliphatic rings. The highest BCUT2D eigenvalue weighted by molar-refractivity contribution is 8.00. The smallest absolute Gasteiger partial charge is 0.258 e. The molecule has 2 aliphatic heterocycles. The van der Waals surface area contributed by atoms with E-state index < -0.39 is 0 Å². The molecule has 1 atom stereocenters. The number of carbonyl (C=O) groups is 2. The molecule has 3 aromatic rings. The van der Waals surface area contributed by atoms with E-state index in [1.165, 1.54) is 11.8 Å². The predicted molar refractivity (Wildman–Crippen MR) is 124 cm³/mol. The van der Waals surface area contributed by atoms with Crippen molar-refractivity contribution in [3.8, 4) is 0 Å². The summed E-state index contributed by atoms with van der Waals surface area (Å²) in [6, 6.07) is 18.2. The molecule has 2 N–H and O–H groups in total. The van der Waals surface area contributed by atoms with Crippen LogP contribution in [0.15, 0.2) is 60.7 Å². The number of amides is 2. The summed E-state index contributed by atoms with van der Waals surface area (Å²) in [6.45, 7) is 2.63. The molecule has 0 fully saturated rings. The molecule has 6 heteroatoms. The van der Waals surface area contributed by atoms with Gasteiger partial charge in [0.2, 0.25) is 5.91 Å². The quantitative estimate of drug-likeness (QED) is 0.665. The van der Waals surface area contributed by atoms with E-state index in [0.29, 0.717) is 6.54 Å². The number of nitrogens with two attached hydrogens (primary N) is 1. The summed E-state index contributed by atoms with van der Waals surface area (Å²) in [5.74, 6) is -0.0533. The van der Waals surface area contributed by atoms with Crippen molar-refractivity contribution in [3.05, 3.63) is 71.8 Å². The van der Waals surface area contributed by atoms with Gasteiger partial charge in [0.05, 0.1) is 22.5 Å². The molecule has 0 aromatic heterocycles. The fourth-order valence-corrected chi connectivity index (χ4v) is 5.28. The maximum atomic E-state index is 12.9. The van der Waals surface area contributed by atoms with E-state index >= 15 is 0 Å². The molecule has 5 rings (SSSR count). The number of hydrogen-bond acceptors (Lipinski definition) is 4. The van der Waals surface area contributed by atoms with Crippen LogP contribution in [-0.2, 0) is 4.79 Å². The Bertz CT molecular complexity index is 1220. The first kappa shape index (κ1) is 18.8. The van der Waals surface area contributed by atoms with E-state index in [1.54, 1.807) is 0 Å². The Morgan fingerprint density at radius 2 is 1.83 bits per heavy atom. The number of benzene rings is 3. The Balaban J connectivity index is 1.72. The van der Waals surface area contributed by atoms with Crippen molar-refractivity contribution in [2.75, 3.05) is 22.1 Å². The van der Waals surface area contributed by atoms with Crippen LogP contribution in [0.4, 0.5) is 17.1 Å². The Morgan fingerprint density at radius 3 is 2.63 bits per heavy atom. The summed E-state index contributed by atoms with van der Waals surface area (Å²) in [7, 11) is 0. The van der Waals surface area contributed by atoms with Crippen molar-refractivity contribution < 1.29 is 9.59 Å². The number of carbonyl (C=O) groups excluding carboxylic acids is 2. The SMILES string of the molecule is CCN1C(=O)c2cccc3c(N4c5ccccc5C=CC4SCC(N)=O)ccc1c23. The Morgan fingerprint density at radius 1 is 1.03 bits per heavy atom. The van der Waals surface area contributed by atoms with Gasteiger partial charge in [0.25, 0.3) is 5.91 Å². The van der Waals surface area contributed by atoms with E-state index in [1.807, 2.05) is 42.2 Å². The van der Waals surface area contributed by atoms with Gasteiger partial charge in [-0.05, 0) is 36.8 Å². The van der Waals surface area contributed by atoms with Crippen LogP contribution in [0.2, 0.25) is 0 Å². The lowest BCUT2D eigenvalue weighted by molar-refractivity contribution is -0.115. The average molecular weight is 416 g/mol. The van der Waals surface area contributed by atoms with Crippen LogP contribution in [0.25, 0.3) is 16.8 Å². The molecule has 3 aromatic carbocycles. The monoisotopic (exact) mass is 415 g/mol. The minimum atomic E-state index is -0.336. The molecule has 2 amide bonds. The van der Waals surface area contributed by atoms with E-state index in [0.717, 1.165) is 39.0 Å². The second-order valence-corrected chi connectivity index (χ2v) is 8.44. The lowest BCUT2D eigenvalue weighted by atomic mass is 10.0. The van der Waals surface area contributed by atoms with Gasteiger partial charge in [0.15, 0.2) is 0 Å². The highest BCUT2D eigenvalue weighted by Gasteiger charge is 2.32. The van der Waals surface area contributed by atoms with Crippen LogP contribution in [0.5, 0.6) is 0 Å². The minimum Gasteiger partial charge on any atom is -0.369 e. The molecule has 150 valence electrons. The summed E-state index contributed by atoms with van der Waals surface area (Å²) >= 11 is 1.50. The highest BCUT2D eigenvalue weighted by atomic mass is 32.2. The van der Waals surface area contributed by atoms with Crippen molar-refractivity contribution in [2.24, 2.45) is 5.73 Å². The fourth-order valence-electron chi connectivity index (χ4n) is 4.38. The zero-order chi connectivity index (χ0) is 20.8. The van der Waals surface area contributed by atoms with E-state index in [4.69, 9.17) is 5.73 Å². The molecule has 0 radical (unpaired) electrons. The number of fused-ring (bicyclic) bond motifs is 1. The van der Waals surface area contributed by atoms with Gasteiger partial charge in [-0.3, -0.25) is 9.59 Å². The number of thioether (sulfide) groups is 1. The zero-order valence-corrected chi connectivity index (χ0v) is 17.4. The van der Waals surface area contributed by atoms with E-state index in [2.05, 4.69) is 41.3 Å². The van der Waals surface area contributed by atoms with Crippen molar-refractivity contribution >= 4 is 57.5 Å². The van der Waals surface area contributed by atoms with Crippen LogP contribution < -0.4 is 15.5 Å². The standard InChI is InChI=1S/C24H21N3O2S/c1-2-26-20-12-11-19(16-7-5-8-17(23(16)20)24(26)29)27-18-9-4-3-6-15(18)10-13-22(27)30-14-21(25)28/h3-13,22H,2,14H2,1H3,(H2,25,28). The molecule has 1 unspecified atom stereocenters. The van der Waals surface area contributed by atoms with Gasteiger partial charge >= 0.3 is 0 Å². The lowest BCUT2D eigenvalue weighted by Gasteiger charge is -2.36. The normalized spacial score (nSPS) is 17.0. The van der Waals surface area contributed by atoms with Gasteiger partial charge in [0, 0.05) is 28.6 Å². The van der Waals surface area contributed by atoms with Gasteiger partial charge in [-0.1, -0.05) is 42.5 Å². The summed E-state index contributed by atoms with van der Waals surface area (Å²) < 4.78 is 0. The third-order valence-corrected chi connectivity index (χ3v) is 6.79. The number of hydrogen-bond donors (Lipinski definition) is 1. The third-order valence-electron chi connectivity index (χ3n) is 5.63. The first-order valence-electron chi connectivity index (χ1n) is 9.94. The summed E-state index contributed by atoms with van der Waals surface area (Å²) in [6.07, 6.45) is 4.19. The first-order chi connectivity index (χ1) is 14.6. The van der Waals surface area contributed by atoms with Crippen molar-refractivity contribution in [1.29, 1.82) is 0 Å². The van der Waals surface area contributed by atoms with Crippen molar-refractivity contribution in [1.82, 2.24) is 0 Å². The summed E-state index contributed by atoms with van der Waals surface area (Å²) in [5.41, 5.74) is 10.3. The number of anilines is 3. The third kappa shape index (κ3) is 2.79. The van der Waals surface area contributed by atoms with Gasteiger partial charge < -0.3 is 15.5 Å². The van der Waals surface area contributed by atoms with Crippen LogP contribution in [0.3, 0.4) is 0 Å². The first-order valence-corrected chi connectivity index (χ1v) is 11.0. The summed E-state index contributed by atoms with van der Waals surface area (Å²) in [5, 5.41) is 1.94. The van der Waals surface area contributed by atoms with Crippen molar-refractivity contribution in [2.45, 2.75) is 12.3 Å². The molecule has 0 saturated heterocycles. The molecular formula is C24H21N3O2S. The number of primary amides is 1. The number of para-hydroxylation sites is 1. The molecule has 30 heavy (non-hydrogen) atoms. The Hall–Kier alpha value is -3.25. The largest absolute Gasteiger partial charge is 0.369 e. The number of rotatable bonds is 5. The molecule has 0 saturated carbocycles. The molecule has 0 spiro atoms. The lowest BCUT2D eigenvalue weighted by Crippen LogP contribution is -2.31. The molecular weight excluding hydrogens is 394 g/mol. The van der Waals surface area contributed by atoms with E-state index in [-0.39, 0.29) is 22.9 Å². The molecule has 2 heterocycles. The average Bonchev–Trinajstić information content (AvgIpc) is 3.05. The van der Waals surface area contributed by atoms with Crippen LogP contribution >= 0.6 is 11.8 Å². The van der Waals surface area contributed by atoms with Gasteiger partial charge in [-0.2, -0.15) is 0 Å². The van der Waals surface area contributed by atoms with Crippen LogP contribution in [0, 0.1) is 0 Å². The van der Waals surface area contributed by atoms with E-state index in [9.17, 15) is 9.59 Å². The maximum Gasteiger partial charge on any atom is 0.258 e. The molecule has 5 nitrogen and oxygen atoms in total. The predicted octanol–water partition coefficient (Wildman–Crippen LogP) is 4.53. The second-order valence-electron chi connectivity index (χ2n) is 7.34. The second kappa shape index (κ2) is 7.22. The van der Waals surface area contributed by atoms with Gasteiger partial charge in [-0.25, -0.2) is 0 Å². The zero-order valence-electron chi connectivity index (χ0n) is 16.5. The Kier molecular flexibility index (Phi) is 4.51. The maximum absolute atomic E-state index is 12.9. The minimum absolute atomic E-state index is 0.0499. The molecule has 0 bridgehead atoms. The number of nitrogens with zero attached hydrogens (tertiary/aromatic N) is 2. The topological polar surface area (TPSA) is 66.6 Å². The van der Waals surface area contributed by atoms with Crippen LogP contribution in [0.1, 0.15) is 22.8 Å². The summed E-state index contributed by atoms with van der Waals surface area (Å²) in [4.78, 5) is 28.4. The molecule has 0 aliphatic carbocycles. The van der Waals surface area contributed by atoms with Gasteiger partial charge in [0.1, 0.15) is 0 Å². The Labute approximate surface area is 179 Å². The van der Waals surface area contributed by atoms with Crippen LogP contribution in [-0.4, -0.2) is 29.5 Å². The van der Waals surface area contributed by atoms with Crippen molar-refractivity contribution in [3.63, 3.8) is 0 Å². The highest BCUT2D eigenvalue weighted by Crippen LogP contribution is 2.46. The van der Waals surface area contributed by atoms with Gasteiger partial charge in [-0.15, -0.1) is 11.8 Å².